The van der Waals surface area contributed by atoms with Crippen LogP contribution in [0.4, 0.5) is 37.8 Å². The van der Waals surface area contributed by atoms with Crippen molar-refractivity contribution >= 4 is 17.2 Å². The molecular formula is C26H27F6N5. The van der Waals surface area contributed by atoms with Gasteiger partial charge >= 0.3 is 12.4 Å². The molecule has 1 saturated carbocycles. The lowest BCUT2D eigenvalue weighted by molar-refractivity contribution is -0.137. The van der Waals surface area contributed by atoms with Gasteiger partial charge in [0.05, 0.1) is 11.6 Å². The predicted octanol–water partition coefficient (Wildman–Crippen LogP) is 5.99. The quantitative estimate of drug-likeness (QED) is 0.253. The molecule has 0 spiro atoms. The average Bonchev–Trinajstić information content (AvgIpc) is 2.79. The van der Waals surface area contributed by atoms with Gasteiger partial charge in [0.2, 0.25) is 0 Å². The number of anilines is 2. The van der Waals surface area contributed by atoms with Gasteiger partial charge in [0, 0.05) is 47.2 Å². The second-order valence-electron chi connectivity index (χ2n) is 9.02. The van der Waals surface area contributed by atoms with E-state index >= 15 is 0 Å². The summed E-state index contributed by atoms with van der Waals surface area (Å²) in [5.74, 6) is 0.394. The smallest absolute Gasteiger partial charge is 0.405 e. The minimum atomic E-state index is -4.55. The first-order chi connectivity index (χ1) is 17.5. The topological polar surface area (TPSA) is 75.0 Å². The van der Waals surface area contributed by atoms with E-state index in [4.69, 9.17) is 5.73 Å². The number of nitrogens with zero attached hydrogens (tertiary/aromatic N) is 1. The molecule has 2 aliphatic rings. The monoisotopic (exact) mass is 523 g/mol. The fourth-order valence-corrected chi connectivity index (χ4v) is 4.08. The van der Waals surface area contributed by atoms with Crippen LogP contribution in [0, 0.1) is 0 Å². The van der Waals surface area contributed by atoms with Gasteiger partial charge in [0.15, 0.2) is 0 Å². The van der Waals surface area contributed by atoms with Crippen LogP contribution in [-0.2, 0) is 12.6 Å². The molecule has 1 aromatic carbocycles. The third-order valence-corrected chi connectivity index (χ3v) is 6.30. The highest BCUT2D eigenvalue weighted by Gasteiger charge is 2.34. The van der Waals surface area contributed by atoms with Crippen molar-refractivity contribution in [3.05, 3.63) is 83.2 Å². The Morgan fingerprint density at radius 2 is 1.78 bits per heavy atom. The van der Waals surface area contributed by atoms with Gasteiger partial charge in [0.1, 0.15) is 5.82 Å². The van der Waals surface area contributed by atoms with Crippen molar-refractivity contribution in [2.75, 3.05) is 17.2 Å². The summed E-state index contributed by atoms with van der Waals surface area (Å²) in [5.41, 5.74) is 5.50. The molecule has 5 nitrogen and oxygen atoms in total. The second kappa shape index (κ2) is 10.9. The summed E-state index contributed by atoms with van der Waals surface area (Å²) in [6, 6.07) is 7.98. The van der Waals surface area contributed by atoms with E-state index in [0.717, 1.165) is 49.7 Å². The number of fused-ring (bicyclic) bond motifs is 1. The zero-order chi connectivity index (χ0) is 26.6. The zero-order valence-electron chi connectivity index (χ0n) is 19.8. The van der Waals surface area contributed by atoms with Crippen molar-refractivity contribution < 1.29 is 26.3 Å². The molecule has 1 atom stereocenters. The van der Waals surface area contributed by atoms with E-state index in [1.807, 2.05) is 6.08 Å². The van der Waals surface area contributed by atoms with Crippen LogP contribution in [0.15, 0.2) is 66.4 Å². The third kappa shape index (κ3) is 6.85. The van der Waals surface area contributed by atoms with Crippen LogP contribution in [-0.4, -0.2) is 29.8 Å². The molecule has 4 rings (SSSR count). The van der Waals surface area contributed by atoms with Crippen LogP contribution in [0.5, 0.6) is 0 Å². The highest BCUT2D eigenvalue weighted by molar-refractivity contribution is 5.85. The van der Waals surface area contributed by atoms with Crippen molar-refractivity contribution in [1.82, 2.24) is 10.3 Å². The number of alkyl halides is 6. The summed E-state index contributed by atoms with van der Waals surface area (Å²) < 4.78 is 79.2. The summed E-state index contributed by atoms with van der Waals surface area (Å²) in [6.07, 6.45) is -1.15. The van der Waals surface area contributed by atoms with Gasteiger partial charge in [0.25, 0.3) is 0 Å². The molecule has 198 valence electrons. The Morgan fingerprint density at radius 3 is 2.38 bits per heavy atom. The summed E-state index contributed by atoms with van der Waals surface area (Å²) in [7, 11) is 0. The van der Waals surface area contributed by atoms with Gasteiger partial charge in [-0.15, -0.1) is 0 Å². The number of halogens is 6. The van der Waals surface area contributed by atoms with E-state index in [1.54, 1.807) is 6.07 Å². The highest BCUT2D eigenvalue weighted by atomic mass is 19.4. The maximum atomic E-state index is 13.5. The summed E-state index contributed by atoms with van der Waals surface area (Å²) >= 11 is 0. The summed E-state index contributed by atoms with van der Waals surface area (Å²) in [6.45, 7) is 0.559. The first-order valence-corrected chi connectivity index (χ1v) is 11.8. The number of benzene rings is 1. The maximum absolute atomic E-state index is 13.5. The number of hydrogen-bond acceptors (Lipinski definition) is 5. The van der Waals surface area contributed by atoms with Crippen LogP contribution in [0.1, 0.15) is 36.1 Å². The normalized spacial score (nSPS) is 18.7. The van der Waals surface area contributed by atoms with Crippen molar-refractivity contribution in [2.24, 2.45) is 5.73 Å². The molecule has 2 aromatic rings. The van der Waals surface area contributed by atoms with Gasteiger partial charge in [-0.1, -0.05) is 12.5 Å². The molecule has 1 aromatic heterocycles. The molecule has 37 heavy (non-hydrogen) atoms. The second-order valence-corrected chi connectivity index (χ2v) is 9.02. The van der Waals surface area contributed by atoms with Gasteiger partial charge in [-0.25, -0.2) is 4.98 Å². The molecule has 0 radical (unpaired) electrons. The molecular weight excluding hydrogens is 496 g/mol. The molecule has 1 fully saturated rings. The number of rotatable bonds is 8. The molecule has 1 unspecified atom stereocenters. The van der Waals surface area contributed by atoms with Crippen LogP contribution in [0.25, 0.3) is 5.70 Å². The Bertz CT molecular complexity index is 1180. The van der Waals surface area contributed by atoms with E-state index in [-0.39, 0.29) is 11.7 Å². The number of nitrogens with two attached hydrogens (primary N) is 1. The molecule has 5 N–H and O–H groups in total. The summed E-state index contributed by atoms with van der Waals surface area (Å²) in [4.78, 5) is 4.46. The zero-order valence-corrected chi connectivity index (χ0v) is 19.8. The Hall–Kier alpha value is -3.47. The van der Waals surface area contributed by atoms with Crippen LogP contribution >= 0.6 is 0 Å². The average molecular weight is 524 g/mol. The van der Waals surface area contributed by atoms with Crippen molar-refractivity contribution in [3.63, 3.8) is 0 Å². The minimum Gasteiger partial charge on any atom is -0.405 e. The van der Waals surface area contributed by atoms with E-state index < -0.39 is 29.9 Å². The SMILES string of the molecule is N/C=C\C=C(/Cc1ccc2c(n1)NC(CNC1CCC1)C=C2Nc1ccc(C(F)(F)F)cc1)C(F)(F)F. The first kappa shape index (κ1) is 26.6. The number of pyridine rings is 1. The van der Waals surface area contributed by atoms with Crippen molar-refractivity contribution in [3.8, 4) is 0 Å². The lowest BCUT2D eigenvalue weighted by Crippen LogP contribution is -2.42. The first-order valence-electron chi connectivity index (χ1n) is 11.8. The van der Waals surface area contributed by atoms with Gasteiger partial charge < -0.3 is 21.7 Å². The van der Waals surface area contributed by atoms with Gasteiger partial charge in [-0.2, -0.15) is 26.3 Å². The Kier molecular flexibility index (Phi) is 7.82. The van der Waals surface area contributed by atoms with E-state index in [9.17, 15) is 26.3 Å². The lowest BCUT2D eigenvalue weighted by Gasteiger charge is -2.31. The molecule has 1 aliphatic heterocycles. The van der Waals surface area contributed by atoms with Crippen LogP contribution in [0.3, 0.4) is 0 Å². The molecule has 0 saturated heterocycles. The Morgan fingerprint density at radius 1 is 1.05 bits per heavy atom. The van der Waals surface area contributed by atoms with E-state index in [2.05, 4.69) is 20.9 Å². The summed E-state index contributed by atoms with van der Waals surface area (Å²) in [5, 5.41) is 9.87. The lowest BCUT2D eigenvalue weighted by atomic mass is 9.93. The fourth-order valence-electron chi connectivity index (χ4n) is 4.08. The number of hydrogen-bond donors (Lipinski definition) is 4. The molecule has 2 heterocycles. The molecule has 0 bridgehead atoms. The molecule has 1 aliphatic carbocycles. The standard InChI is InChI=1S/C26H27F6N5/c27-25(28,29)16-6-8-19(9-7-16)35-23-14-21(15-34-18-4-1-5-18)37-24-22(23)11-10-20(36-24)13-17(3-2-12-33)26(30,31)32/h2-3,6-12,14,18,21,34-35H,1,4-5,13,15,33H2,(H,36,37)/b12-2-,17-3+. The molecule has 11 heteroatoms. The molecule has 0 amide bonds. The van der Waals surface area contributed by atoms with Gasteiger partial charge in [-0.3, -0.25) is 0 Å². The van der Waals surface area contributed by atoms with Crippen molar-refractivity contribution in [1.29, 1.82) is 0 Å². The predicted molar refractivity (Wildman–Crippen MR) is 132 cm³/mol. The number of nitrogens with one attached hydrogen (secondary N) is 3. The van der Waals surface area contributed by atoms with Crippen LogP contribution in [0.2, 0.25) is 0 Å². The third-order valence-electron chi connectivity index (χ3n) is 6.30. The number of aromatic nitrogens is 1. The van der Waals surface area contributed by atoms with E-state index in [0.29, 0.717) is 35.4 Å². The van der Waals surface area contributed by atoms with Crippen LogP contribution < -0.4 is 21.7 Å². The largest absolute Gasteiger partial charge is 0.416 e. The Labute approximate surface area is 210 Å². The Balaban J connectivity index is 1.60. The fraction of sp³-hybridized carbons (Fsp3) is 0.346. The minimum absolute atomic E-state index is 0.210. The number of allylic oxidation sites excluding steroid dienone is 3. The maximum Gasteiger partial charge on any atom is 0.416 e. The van der Waals surface area contributed by atoms with Gasteiger partial charge in [-0.05, 0) is 67.6 Å². The van der Waals surface area contributed by atoms with Crippen molar-refractivity contribution in [2.45, 2.75) is 50.1 Å². The highest BCUT2D eigenvalue weighted by Crippen LogP contribution is 2.34. The van der Waals surface area contributed by atoms with E-state index in [1.165, 1.54) is 18.2 Å².